The molecular formula is C13H14BrCl2NO. The summed E-state index contributed by atoms with van der Waals surface area (Å²) in [5.74, 6) is -0.150. The van der Waals surface area contributed by atoms with Crippen molar-refractivity contribution in [1.82, 2.24) is 5.32 Å². The number of carbonyl (C=O) groups is 1. The molecule has 0 spiro atoms. The summed E-state index contributed by atoms with van der Waals surface area (Å²) in [6, 6.07) is 5.09. The minimum absolute atomic E-state index is 0.150. The zero-order valence-electron chi connectivity index (χ0n) is 9.81. The zero-order chi connectivity index (χ0) is 13.2. The Morgan fingerprint density at radius 2 is 2.11 bits per heavy atom. The third-order valence-electron chi connectivity index (χ3n) is 3.40. The number of benzene rings is 1. The predicted octanol–water partition coefficient (Wildman–Crippen LogP) is 4.29. The molecule has 0 saturated heterocycles. The van der Waals surface area contributed by atoms with Gasteiger partial charge in [0.15, 0.2) is 0 Å². The first-order valence-electron chi connectivity index (χ1n) is 5.86. The lowest BCUT2D eigenvalue weighted by Crippen LogP contribution is -2.30. The first kappa shape index (κ1) is 14.2. The van der Waals surface area contributed by atoms with E-state index in [1.165, 1.54) is 12.8 Å². The average molecular weight is 351 g/mol. The third kappa shape index (κ3) is 3.19. The molecule has 0 atom stereocenters. The maximum atomic E-state index is 12.0. The summed E-state index contributed by atoms with van der Waals surface area (Å²) in [7, 11) is 0. The largest absolute Gasteiger partial charge is 0.351 e. The summed E-state index contributed by atoms with van der Waals surface area (Å²) < 4.78 is 0. The van der Waals surface area contributed by atoms with Crippen LogP contribution in [0.25, 0.3) is 0 Å². The molecule has 1 amide bonds. The van der Waals surface area contributed by atoms with Crippen LogP contribution in [0.15, 0.2) is 18.2 Å². The van der Waals surface area contributed by atoms with Crippen molar-refractivity contribution in [3.63, 3.8) is 0 Å². The molecule has 2 nitrogen and oxygen atoms in total. The summed E-state index contributed by atoms with van der Waals surface area (Å²) in [6.07, 6.45) is 3.46. The fraction of sp³-hybridized carbons (Fsp3) is 0.462. The van der Waals surface area contributed by atoms with Gasteiger partial charge < -0.3 is 5.32 Å². The van der Waals surface area contributed by atoms with Crippen LogP contribution >= 0.6 is 39.1 Å². The molecule has 1 aromatic rings. The molecule has 2 rings (SSSR count). The lowest BCUT2D eigenvalue weighted by Gasteiger charge is -2.15. The Bertz CT molecular complexity index is 460. The van der Waals surface area contributed by atoms with Crippen LogP contribution in [-0.4, -0.2) is 17.8 Å². The molecule has 0 bridgehead atoms. The Hall–Kier alpha value is -0.250. The van der Waals surface area contributed by atoms with Crippen LogP contribution in [0.3, 0.4) is 0 Å². The monoisotopic (exact) mass is 349 g/mol. The number of hydrogen-bond acceptors (Lipinski definition) is 1. The minimum Gasteiger partial charge on any atom is -0.351 e. The Labute approximate surface area is 125 Å². The fourth-order valence-electron chi connectivity index (χ4n) is 1.93. The van der Waals surface area contributed by atoms with Gasteiger partial charge in [-0.15, -0.1) is 0 Å². The van der Waals surface area contributed by atoms with Gasteiger partial charge in [0, 0.05) is 11.9 Å². The average Bonchev–Trinajstić information content (AvgIpc) is 3.11. The number of halogens is 3. The second-order valence-corrected chi connectivity index (χ2v) is 6.30. The highest BCUT2D eigenvalue weighted by Crippen LogP contribution is 2.48. The highest BCUT2D eigenvalue weighted by Gasteiger charge is 2.41. The van der Waals surface area contributed by atoms with Gasteiger partial charge in [-0.05, 0) is 36.8 Å². The van der Waals surface area contributed by atoms with Gasteiger partial charge in [0.2, 0.25) is 0 Å². The summed E-state index contributed by atoms with van der Waals surface area (Å²) in [5, 5.41) is 4.65. The molecule has 1 N–H and O–H groups in total. The predicted molar refractivity (Wildman–Crippen MR) is 78.9 cm³/mol. The van der Waals surface area contributed by atoms with Crippen LogP contribution in [-0.2, 0) is 0 Å². The van der Waals surface area contributed by atoms with Crippen molar-refractivity contribution < 1.29 is 4.79 Å². The van der Waals surface area contributed by atoms with Gasteiger partial charge in [-0.2, -0.15) is 0 Å². The van der Waals surface area contributed by atoms with Crippen LogP contribution < -0.4 is 5.32 Å². The second kappa shape index (κ2) is 5.81. The van der Waals surface area contributed by atoms with Crippen molar-refractivity contribution in [3.8, 4) is 0 Å². The van der Waals surface area contributed by atoms with Gasteiger partial charge in [-0.1, -0.05) is 45.2 Å². The number of nitrogens with one attached hydrogen (secondary N) is 1. The first-order valence-corrected chi connectivity index (χ1v) is 7.74. The molecule has 0 aromatic heterocycles. The molecule has 0 heterocycles. The van der Waals surface area contributed by atoms with Gasteiger partial charge in [-0.3, -0.25) is 4.79 Å². The zero-order valence-corrected chi connectivity index (χ0v) is 12.9. The highest BCUT2D eigenvalue weighted by molar-refractivity contribution is 9.09. The summed E-state index contributed by atoms with van der Waals surface area (Å²) in [5.41, 5.74) is 0.739. The molecule has 0 aliphatic heterocycles. The van der Waals surface area contributed by atoms with Crippen molar-refractivity contribution in [2.45, 2.75) is 19.3 Å². The van der Waals surface area contributed by atoms with E-state index < -0.39 is 0 Å². The van der Waals surface area contributed by atoms with E-state index in [0.29, 0.717) is 27.6 Å². The van der Waals surface area contributed by atoms with E-state index in [2.05, 4.69) is 21.2 Å². The number of alkyl halides is 1. The molecule has 1 aliphatic rings. The molecule has 18 heavy (non-hydrogen) atoms. The molecule has 0 unspecified atom stereocenters. The molecule has 1 fully saturated rings. The highest BCUT2D eigenvalue weighted by atomic mass is 79.9. The van der Waals surface area contributed by atoms with E-state index in [-0.39, 0.29) is 5.91 Å². The standard InChI is InChI=1S/C13H14BrCl2NO/c14-7-6-13(4-5-13)8-17-12(18)9-2-1-3-10(15)11(9)16/h1-3H,4-8H2,(H,17,18). The second-order valence-electron chi connectivity index (χ2n) is 4.72. The van der Waals surface area contributed by atoms with Crippen molar-refractivity contribution >= 4 is 45.0 Å². The van der Waals surface area contributed by atoms with E-state index >= 15 is 0 Å². The maximum absolute atomic E-state index is 12.0. The summed E-state index contributed by atoms with van der Waals surface area (Å²) in [4.78, 5) is 12.0. The van der Waals surface area contributed by atoms with Gasteiger partial charge >= 0.3 is 0 Å². The van der Waals surface area contributed by atoms with Gasteiger partial charge in [-0.25, -0.2) is 0 Å². The van der Waals surface area contributed by atoms with E-state index in [0.717, 1.165) is 11.8 Å². The smallest absolute Gasteiger partial charge is 0.252 e. The van der Waals surface area contributed by atoms with Crippen molar-refractivity contribution in [2.75, 3.05) is 11.9 Å². The number of carbonyl (C=O) groups excluding carboxylic acids is 1. The van der Waals surface area contributed by atoms with Crippen LogP contribution in [0.5, 0.6) is 0 Å². The fourth-order valence-corrected chi connectivity index (χ4v) is 3.16. The van der Waals surface area contributed by atoms with Gasteiger partial charge in [0.25, 0.3) is 5.91 Å². The van der Waals surface area contributed by atoms with E-state index in [9.17, 15) is 4.79 Å². The third-order valence-corrected chi connectivity index (χ3v) is 4.62. The lowest BCUT2D eigenvalue weighted by atomic mass is 10.0. The molecule has 98 valence electrons. The van der Waals surface area contributed by atoms with E-state index in [4.69, 9.17) is 23.2 Å². The number of rotatable bonds is 5. The minimum atomic E-state index is -0.150. The first-order chi connectivity index (χ1) is 8.58. The summed E-state index contributed by atoms with van der Waals surface area (Å²) in [6.45, 7) is 0.709. The van der Waals surface area contributed by atoms with Crippen molar-refractivity contribution in [2.24, 2.45) is 5.41 Å². The van der Waals surface area contributed by atoms with Crippen molar-refractivity contribution in [1.29, 1.82) is 0 Å². The van der Waals surface area contributed by atoms with Crippen LogP contribution in [0, 0.1) is 5.41 Å². The molecule has 1 aromatic carbocycles. The Morgan fingerprint density at radius 3 is 2.72 bits per heavy atom. The SMILES string of the molecule is O=C(NCC1(CCBr)CC1)c1cccc(Cl)c1Cl. The number of amides is 1. The Balaban J connectivity index is 1.98. The molecule has 0 radical (unpaired) electrons. The molecular weight excluding hydrogens is 337 g/mol. The summed E-state index contributed by atoms with van der Waals surface area (Å²) >= 11 is 15.4. The maximum Gasteiger partial charge on any atom is 0.252 e. The van der Waals surface area contributed by atoms with E-state index in [1.807, 2.05) is 0 Å². The lowest BCUT2D eigenvalue weighted by molar-refractivity contribution is 0.0944. The van der Waals surface area contributed by atoms with E-state index in [1.54, 1.807) is 18.2 Å². The van der Waals surface area contributed by atoms with Gasteiger partial charge in [0.1, 0.15) is 0 Å². The van der Waals surface area contributed by atoms with Crippen LogP contribution in [0.2, 0.25) is 10.0 Å². The quantitative estimate of drug-likeness (QED) is 0.788. The normalized spacial score (nSPS) is 16.4. The molecule has 1 saturated carbocycles. The van der Waals surface area contributed by atoms with Crippen LogP contribution in [0.1, 0.15) is 29.6 Å². The topological polar surface area (TPSA) is 29.1 Å². The van der Waals surface area contributed by atoms with Crippen LogP contribution in [0.4, 0.5) is 0 Å². The van der Waals surface area contributed by atoms with Crippen molar-refractivity contribution in [3.05, 3.63) is 33.8 Å². The number of hydrogen-bond donors (Lipinski definition) is 1. The Kier molecular flexibility index (Phi) is 4.57. The van der Waals surface area contributed by atoms with Gasteiger partial charge in [0.05, 0.1) is 15.6 Å². The molecule has 5 heteroatoms. The molecule has 1 aliphatic carbocycles. The Morgan fingerprint density at radius 1 is 1.39 bits per heavy atom.